The third-order valence-corrected chi connectivity index (χ3v) is 2.67. The van der Waals surface area contributed by atoms with Crippen LogP contribution in [-0.2, 0) is 9.53 Å². The number of rotatable bonds is 9. The monoisotopic (exact) mass is 260 g/mol. The molecule has 0 aromatic heterocycles. The van der Waals surface area contributed by atoms with Crippen LogP contribution in [0, 0.1) is 0 Å². The van der Waals surface area contributed by atoms with Crippen LogP contribution in [0.15, 0.2) is 0 Å². The Morgan fingerprint density at radius 3 is 2.50 bits per heavy atom. The number of urea groups is 1. The van der Waals surface area contributed by atoms with Gasteiger partial charge in [-0.25, -0.2) is 4.79 Å². The Hall–Kier alpha value is -1.30. The molecule has 0 saturated carbocycles. The second-order valence-corrected chi connectivity index (χ2v) is 4.07. The fourth-order valence-electron chi connectivity index (χ4n) is 1.50. The van der Waals surface area contributed by atoms with E-state index in [9.17, 15) is 9.59 Å². The van der Waals surface area contributed by atoms with E-state index in [4.69, 9.17) is 9.84 Å². The molecule has 2 N–H and O–H groups in total. The Morgan fingerprint density at radius 2 is 2.06 bits per heavy atom. The quantitative estimate of drug-likeness (QED) is 0.655. The molecule has 2 amide bonds. The van der Waals surface area contributed by atoms with Crippen LogP contribution < -0.4 is 5.32 Å². The molecular weight excluding hydrogens is 236 g/mol. The number of carbonyl (C=O) groups excluding carboxylic acids is 1. The summed E-state index contributed by atoms with van der Waals surface area (Å²) in [5.41, 5.74) is 0. The van der Waals surface area contributed by atoms with Gasteiger partial charge in [-0.2, -0.15) is 0 Å². The predicted molar refractivity (Wildman–Crippen MR) is 68.6 cm³/mol. The zero-order chi connectivity index (χ0) is 14.0. The van der Waals surface area contributed by atoms with Gasteiger partial charge in [-0.15, -0.1) is 0 Å². The topological polar surface area (TPSA) is 78.9 Å². The average molecular weight is 260 g/mol. The highest BCUT2D eigenvalue weighted by atomic mass is 16.5. The van der Waals surface area contributed by atoms with Gasteiger partial charge in [0.1, 0.15) is 0 Å². The molecule has 0 fully saturated rings. The van der Waals surface area contributed by atoms with Crippen LogP contribution in [0.3, 0.4) is 0 Å². The van der Waals surface area contributed by atoms with Crippen molar-refractivity contribution in [2.45, 2.75) is 39.2 Å². The van der Waals surface area contributed by atoms with E-state index in [1.54, 1.807) is 4.90 Å². The van der Waals surface area contributed by atoms with Crippen molar-refractivity contribution in [1.29, 1.82) is 0 Å². The van der Waals surface area contributed by atoms with Crippen molar-refractivity contribution < 1.29 is 19.4 Å². The van der Waals surface area contributed by atoms with Gasteiger partial charge in [-0.05, 0) is 13.3 Å². The molecule has 0 aliphatic rings. The number of amides is 2. The van der Waals surface area contributed by atoms with Gasteiger partial charge in [0.25, 0.3) is 0 Å². The normalized spacial score (nSPS) is 11.9. The van der Waals surface area contributed by atoms with Crippen molar-refractivity contribution in [3.63, 3.8) is 0 Å². The maximum absolute atomic E-state index is 11.8. The van der Waals surface area contributed by atoms with E-state index >= 15 is 0 Å². The molecule has 0 radical (unpaired) electrons. The van der Waals surface area contributed by atoms with Crippen molar-refractivity contribution in [3.05, 3.63) is 0 Å². The molecule has 6 heteroatoms. The number of hydrogen-bond acceptors (Lipinski definition) is 3. The highest BCUT2D eigenvalue weighted by Crippen LogP contribution is 1.98. The largest absolute Gasteiger partial charge is 0.481 e. The molecule has 0 aromatic rings. The van der Waals surface area contributed by atoms with E-state index in [0.29, 0.717) is 6.54 Å². The molecule has 6 nitrogen and oxygen atoms in total. The van der Waals surface area contributed by atoms with Crippen molar-refractivity contribution >= 4 is 12.0 Å². The molecule has 0 saturated heterocycles. The van der Waals surface area contributed by atoms with Gasteiger partial charge in [-0.1, -0.05) is 13.3 Å². The summed E-state index contributed by atoms with van der Waals surface area (Å²) in [6, 6.07) is -0.168. The lowest BCUT2D eigenvalue weighted by atomic mass is 10.2. The summed E-state index contributed by atoms with van der Waals surface area (Å²) in [5, 5.41) is 11.3. The molecular formula is C12H24N2O4. The second kappa shape index (κ2) is 9.70. The zero-order valence-electron chi connectivity index (χ0n) is 11.4. The van der Waals surface area contributed by atoms with Crippen molar-refractivity contribution in [1.82, 2.24) is 10.2 Å². The minimum absolute atomic E-state index is 0.113. The third-order valence-electron chi connectivity index (χ3n) is 2.67. The molecule has 0 aliphatic heterocycles. The van der Waals surface area contributed by atoms with Gasteiger partial charge in [0, 0.05) is 26.7 Å². The minimum atomic E-state index is -0.936. The first-order valence-corrected chi connectivity index (χ1v) is 6.32. The highest BCUT2D eigenvalue weighted by molar-refractivity contribution is 5.74. The van der Waals surface area contributed by atoms with Gasteiger partial charge in [0.15, 0.2) is 0 Å². The first-order chi connectivity index (χ1) is 8.54. The van der Waals surface area contributed by atoms with Crippen LogP contribution in [0.1, 0.15) is 33.1 Å². The van der Waals surface area contributed by atoms with Gasteiger partial charge >= 0.3 is 12.0 Å². The summed E-state index contributed by atoms with van der Waals surface area (Å²) in [6.45, 7) is 5.56. The lowest BCUT2D eigenvalue weighted by Gasteiger charge is -2.22. The van der Waals surface area contributed by atoms with Crippen LogP contribution >= 0.6 is 0 Å². The van der Waals surface area contributed by atoms with Crippen molar-refractivity contribution in [2.75, 3.05) is 26.7 Å². The zero-order valence-corrected chi connectivity index (χ0v) is 11.4. The fourth-order valence-corrected chi connectivity index (χ4v) is 1.50. The number of nitrogens with one attached hydrogen (secondary N) is 1. The summed E-state index contributed by atoms with van der Waals surface area (Å²) in [7, 11) is 1.44. The Morgan fingerprint density at radius 1 is 1.39 bits per heavy atom. The summed E-state index contributed by atoms with van der Waals surface area (Å²) >= 11 is 0. The number of hydrogen-bond donors (Lipinski definition) is 2. The molecule has 106 valence electrons. The van der Waals surface area contributed by atoms with Gasteiger partial charge in [0.2, 0.25) is 0 Å². The molecule has 0 rings (SSSR count). The molecule has 0 bridgehead atoms. The standard InChI is InChI=1S/C12H24N2O4/c1-4-6-7-14(5-2)12(17)13-9-10(18-3)8-11(15)16/h10H,4-9H2,1-3H3,(H,13,17)(H,15,16). The van der Waals surface area contributed by atoms with Crippen molar-refractivity contribution in [3.8, 4) is 0 Å². The molecule has 0 heterocycles. The Bertz CT molecular complexity index is 258. The number of unbranched alkanes of at least 4 members (excludes halogenated alkanes) is 1. The number of ether oxygens (including phenoxy) is 1. The summed E-state index contributed by atoms with van der Waals surface area (Å²) in [4.78, 5) is 24.0. The lowest BCUT2D eigenvalue weighted by Crippen LogP contribution is -2.43. The Kier molecular flexibility index (Phi) is 9.00. The van der Waals surface area contributed by atoms with Crippen LogP contribution in [0.5, 0.6) is 0 Å². The summed E-state index contributed by atoms with van der Waals surface area (Å²) < 4.78 is 4.99. The lowest BCUT2D eigenvalue weighted by molar-refractivity contribution is -0.139. The summed E-state index contributed by atoms with van der Waals surface area (Å²) in [5.74, 6) is -0.936. The maximum atomic E-state index is 11.8. The van der Waals surface area contributed by atoms with Crippen molar-refractivity contribution in [2.24, 2.45) is 0 Å². The van der Waals surface area contributed by atoms with Crippen LogP contribution in [0.2, 0.25) is 0 Å². The second-order valence-electron chi connectivity index (χ2n) is 4.07. The Labute approximate surface area is 108 Å². The van der Waals surface area contributed by atoms with Crippen LogP contribution in [0.25, 0.3) is 0 Å². The number of carboxylic acid groups (broad SMARTS) is 1. The SMILES string of the molecule is CCCCN(CC)C(=O)NCC(CC(=O)O)OC. The van der Waals surface area contributed by atoms with Gasteiger partial charge in [-0.3, -0.25) is 4.79 Å². The Balaban J connectivity index is 4.07. The number of carbonyl (C=O) groups is 2. The molecule has 1 unspecified atom stereocenters. The summed E-state index contributed by atoms with van der Waals surface area (Å²) in [6.07, 6.45) is 1.39. The van der Waals surface area contributed by atoms with E-state index in [0.717, 1.165) is 19.4 Å². The van der Waals surface area contributed by atoms with E-state index in [1.807, 2.05) is 6.92 Å². The molecule has 0 aliphatic carbocycles. The van der Waals surface area contributed by atoms with E-state index in [-0.39, 0.29) is 19.0 Å². The molecule has 0 spiro atoms. The molecule has 0 aromatic carbocycles. The van der Waals surface area contributed by atoms with E-state index < -0.39 is 12.1 Å². The number of nitrogens with zero attached hydrogens (tertiary/aromatic N) is 1. The van der Waals surface area contributed by atoms with Crippen LogP contribution in [-0.4, -0.2) is 54.9 Å². The smallest absolute Gasteiger partial charge is 0.317 e. The molecule has 18 heavy (non-hydrogen) atoms. The van der Waals surface area contributed by atoms with Gasteiger partial charge < -0.3 is 20.1 Å². The minimum Gasteiger partial charge on any atom is -0.481 e. The average Bonchev–Trinajstić information content (AvgIpc) is 2.34. The first-order valence-electron chi connectivity index (χ1n) is 6.32. The predicted octanol–water partition coefficient (Wildman–Crippen LogP) is 1.31. The molecule has 1 atom stereocenters. The van der Waals surface area contributed by atoms with Gasteiger partial charge in [0.05, 0.1) is 12.5 Å². The highest BCUT2D eigenvalue weighted by Gasteiger charge is 2.16. The maximum Gasteiger partial charge on any atom is 0.317 e. The number of methoxy groups -OCH3 is 1. The fraction of sp³-hybridized carbons (Fsp3) is 0.833. The van der Waals surface area contributed by atoms with E-state index in [2.05, 4.69) is 12.2 Å². The van der Waals surface area contributed by atoms with Crippen LogP contribution in [0.4, 0.5) is 4.79 Å². The number of carboxylic acids is 1. The first kappa shape index (κ1) is 16.7. The van der Waals surface area contributed by atoms with E-state index in [1.165, 1.54) is 7.11 Å². The number of aliphatic carboxylic acids is 1. The third kappa shape index (κ3) is 7.11.